The number of anilines is 1. The number of hydrogen-bond donors (Lipinski definition) is 1. The van der Waals surface area contributed by atoms with Gasteiger partial charge in [0.25, 0.3) is 0 Å². The van der Waals surface area contributed by atoms with E-state index in [1.165, 1.54) is 0 Å². The first kappa shape index (κ1) is 10.5. The first-order chi connectivity index (χ1) is 8.24. The Kier molecular flexibility index (Phi) is 2.44. The molecular formula is C11H16N6. The number of hydrogen-bond acceptors (Lipinski definition) is 5. The molecule has 3 rings (SSSR count). The molecule has 0 unspecified atom stereocenters. The summed E-state index contributed by atoms with van der Waals surface area (Å²) in [6.07, 6.45) is 1.81. The predicted molar refractivity (Wildman–Crippen MR) is 66.1 cm³/mol. The third kappa shape index (κ3) is 1.84. The van der Waals surface area contributed by atoms with Gasteiger partial charge in [0, 0.05) is 26.2 Å². The molecule has 1 N–H and O–H groups in total. The van der Waals surface area contributed by atoms with Crippen molar-refractivity contribution in [3.63, 3.8) is 0 Å². The highest BCUT2D eigenvalue weighted by Gasteiger charge is 2.18. The summed E-state index contributed by atoms with van der Waals surface area (Å²) in [5.74, 6) is 1.80. The van der Waals surface area contributed by atoms with E-state index < -0.39 is 0 Å². The molecular weight excluding hydrogens is 216 g/mol. The van der Waals surface area contributed by atoms with E-state index in [1.807, 2.05) is 13.1 Å². The largest absolute Gasteiger partial charge is 0.353 e. The molecule has 1 fully saturated rings. The number of rotatable bonds is 1. The highest BCUT2D eigenvalue weighted by Crippen LogP contribution is 2.22. The van der Waals surface area contributed by atoms with Crippen molar-refractivity contribution >= 4 is 16.9 Å². The average molecular weight is 232 g/mol. The third-order valence-corrected chi connectivity index (χ3v) is 3.20. The lowest BCUT2D eigenvalue weighted by Crippen LogP contribution is -2.45. The molecule has 1 aliphatic rings. The van der Waals surface area contributed by atoms with Crippen molar-refractivity contribution in [2.75, 3.05) is 38.1 Å². The van der Waals surface area contributed by atoms with Crippen molar-refractivity contribution in [2.45, 2.75) is 6.92 Å². The third-order valence-electron chi connectivity index (χ3n) is 3.20. The number of fused-ring (bicyclic) bond motifs is 1. The van der Waals surface area contributed by atoms with Gasteiger partial charge in [-0.1, -0.05) is 0 Å². The topological polar surface area (TPSA) is 60.9 Å². The number of aromatic amines is 1. The Morgan fingerprint density at radius 1 is 1.18 bits per heavy atom. The maximum atomic E-state index is 4.56. The van der Waals surface area contributed by atoms with E-state index in [-0.39, 0.29) is 0 Å². The molecule has 0 atom stereocenters. The second-order valence-corrected chi connectivity index (χ2v) is 4.52. The van der Waals surface area contributed by atoms with Crippen molar-refractivity contribution in [3.8, 4) is 0 Å². The van der Waals surface area contributed by atoms with Gasteiger partial charge in [-0.25, -0.2) is 9.97 Å². The van der Waals surface area contributed by atoms with Gasteiger partial charge in [0.2, 0.25) is 0 Å². The molecule has 1 saturated heterocycles. The lowest BCUT2D eigenvalue weighted by atomic mass is 10.3. The molecule has 17 heavy (non-hydrogen) atoms. The Labute approximate surface area is 99.7 Å². The second kappa shape index (κ2) is 3.96. The minimum Gasteiger partial charge on any atom is -0.353 e. The zero-order valence-electron chi connectivity index (χ0n) is 10.1. The monoisotopic (exact) mass is 232 g/mol. The number of nitrogens with one attached hydrogen (secondary N) is 1. The van der Waals surface area contributed by atoms with Crippen LogP contribution in [0.2, 0.25) is 0 Å². The van der Waals surface area contributed by atoms with Crippen LogP contribution in [0.3, 0.4) is 0 Å². The molecule has 3 heterocycles. The summed E-state index contributed by atoms with van der Waals surface area (Å²) >= 11 is 0. The van der Waals surface area contributed by atoms with Gasteiger partial charge in [-0.2, -0.15) is 5.10 Å². The van der Waals surface area contributed by atoms with Crippen LogP contribution in [0.1, 0.15) is 5.82 Å². The fourth-order valence-electron chi connectivity index (χ4n) is 2.19. The Balaban J connectivity index is 2.01. The van der Waals surface area contributed by atoms with Crippen molar-refractivity contribution in [1.82, 2.24) is 25.1 Å². The molecule has 6 heteroatoms. The Morgan fingerprint density at radius 2 is 1.94 bits per heavy atom. The minimum absolute atomic E-state index is 0.788. The molecule has 0 saturated carbocycles. The van der Waals surface area contributed by atoms with Crippen LogP contribution in [-0.4, -0.2) is 58.3 Å². The lowest BCUT2D eigenvalue weighted by Gasteiger charge is -2.33. The van der Waals surface area contributed by atoms with Crippen molar-refractivity contribution < 1.29 is 0 Å². The number of nitrogens with zero attached hydrogens (tertiary/aromatic N) is 5. The molecule has 2 aromatic heterocycles. The van der Waals surface area contributed by atoms with Crippen LogP contribution in [-0.2, 0) is 0 Å². The van der Waals surface area contributed by atoms with Crippen LogP contribution >= 0.6 is 0 Å². The van der Waals surface area contributed by atoms with Gasteiger partial charge in [0.05, 0.1) is 11.6 Å². The predicted octanol–water partition coefficient (Wildman–Crippen LogP) is 0.413. The molecule has 0 radical (unpaired) electrons. The Hall–Kier alpha value is -1.69. The SMILES string of the molecule is Cc1nc(N2CCN(C)CC2)c2cn[nH]c2n1. The molecule has 90 valence electrons. The molecule has 6 nitrogen and oxygen atoms in total. The van der Waals surface area contributed by atoms with E-state index in [9.17, 15) is 0 Å². The van der Waals surface area contributed by atoms with Crippen molar-refractivity contribution in [3.05, 3.63) is 12.0 Å². The maximum Gasteiger partial charge on any atom is 0.161 e. The summed E-state index contributed by atoms with van der Waals surface area (Å²) in [4.78, 5) is 13.5. The van der Waals surface area contributed by atoms with Gasteiger partial charge >= 0.3 is 0 Å². The van der Waals surface area contributed by atoms with E-state index in [4.69, 9.17) is 0 Å². The maximum absolute atomic E-state index is 4.56. The van der Waals surface area contributed by atoms with Crippen molar-refractivity contribution in [1.29, 1.82) is 0 Å². The van der Waals surface area contributed by atoms with Crippen molar-refractivity contribution in [2.24, 2.45) is 0 Å². The van der Waals surface area contributed by atoms with Crippen LogP contribution in [0.5, 0.6) is 0 Å². The second-order valence-electron chi connectivity index (χ2n) is 4.52. The van der Waals surface area contributed by atoms with E-state index in [0.717, 1.165) is 48.9 Å². The normalized spacial score (nSPS) is 17.9. The smallest absolute Gasteiger partial charge is 0.161 e. The summed E-state index contributed by atoms with van der Waals surface area (Å²) in [5.41, 5.74) is 0.825. The zero-order chi connectivity index (χ0) is 11.8. The zero-order valence-corrected chi connectivity index (χ0v) is 10.1. The Morgan fingerprint density at radius 3 is 2.71 bits per heavy atom. The Bertz CT molecular complexity index is 526. The van der Waals surface area contributed by atoms with E-state index in [1.54, 1.807) is 0 Å². The number of H-pyrrole nitrogens is 1. The molecule has 2 aromatic rings. The highest BCUT2D eigenvalue weighted by molar-refractivity contribution is 5.86. The summed E-state index contributed by atoms with van der Waals surface area (Å²) in [6, 6.07) is 0. The van der Waals surface area contributed by atoms with Crippen LogP contribution in [0.25, 0.3) is 11.0 Å². The number of aromatic nitrogens is 4. The van der Waals surface area contributed by atoms with E-state index in [0.29, 0.717) is 0 Å². The van der Waals surface area contributed by atoms with Crippen LogP contribution in [0.4, 0.5) is 5.82 Å². The molecule has 0 aliphatic carbocycles. The van der Waals surface area contributed by atoms with Gasteiger partial charge in [-0.3, -0.25) is 5.10 Å². The van der Waals surface area contributed by atoms with Gasteiger partial charge in [-0.05, 0) is 14.0 Å². The van der Waals surface area contributed by atoms with E-state index in [2.05, 4.69) is 37.0 Å². The van der Waals surface area contributed by atoms with Gasteiger partial charge in [0.1, 0.15) is 11.6 Å². The highest BCUT2D eigenvalue weighted by atomic mass is 15.3. The van der Waals surface area contributed by atoms with Crippen LogP contribution < -0.4 is 4.90 Å². The standard InChI is InChI=1S/C11H16N6/c1-8-13-10-9(7-12-15-10)11(14-8)17-5-3-16(2)4-6-17/h7H,3-6H2,1-2H3,(H,12,13,14,15). The first-order valence-corrected chi connectivity index (χ1v) is 5.85. The fraction of sp³-hybridized carbons (Fsp3) is 0.545. The first-order valence-electron chi connectivity index (χ1n) is 5.85. The lowest BCUT2D eigenvalue weighted by molar-refractivity contribution is 0.312. The number of likely N-dealkylation sites (N-methyl/N-ethyl adjacent to an activating group) is 1. The molecule has 1 aliphatic heterocycles. The van der Waals surface area contributed by atoms with Crippen LogP contribution in [0.15, 0.2) is 6.20 Å². The molecule has 0 amide bonds. The van der Waals surface area contributed by atoms with Gasteiger partial charge in [-0.15, -0.1) is 0 Å². The minimum atomic E-state index is 0.788. The fourth-order valence-corrected chi connectivity index (χ4v) is 2.19. The summed E-state index contributed by atoms with van der Waals surface area (Å²) in [7, 11) is 2.15. The van der Waals surface area contributed by atoms with Crippen LogP contribution in [0, 0.1) is 6.92 Å². The average Bonchev–Trinajstić information content (AvgIpc) is 2.77. The number of aryl methyl sites for hydroxylation is 1. The van der Waals surface area contributed by atoms with E-state index >= 15 is 0 Å². The van der Waals surface area contributed by atoms with Gasteiger partial charge < -0.3 is 9.80 Å². The summed E-state index contributed by atoms with van der Waals surface area (Å²) in [6.45, 7) is 6.07. The number of piperazine rings is 1. The summed E-state index contributed by atoms with van der Waals surface area (Å²) in [5, 5.41) is 7.97. The quantitative estimate of drug-likeness (QED) is 0.772. The molecule has 0 spiro atoms. The molecule has 0 aromatic carbocycles. The van der Waals surface area contributed by atoms with Gasteiger partial charge in [0.15, 0.2) is 5.65 Å². The summed E-state index contributed by atoms with van der Waals surface area (Å²) < 4.78 is 0. The molecule has 0 bridgehead atoms.